The predicted octanol–water partition coefficient (Wildman–Crippen LogP) is 1.71. The molecule has 7 nitrogen and oxygen atoms in total. The van der Waals surface area contributed by atoms with Gasteiger partial charge in [0.05, 0.1) is 6.61 Å². The van der Waals surface area contributed by atoms with Gasteiger partial charge in [0.25, 0.3) is 0 Å². The molecule has 0 aliphatic carbocycles. The zero-order chi connectivity index (χ0) is 16.4. The molecule has 0 unspecified atom stereocenters. The maximum atomic E-state index is 11.7. The van der Waals surface area contributed by atoms with Crippen molar-refractivity contribution < 1.29 is 29.0 Å². The zero-order valence-corrected chi connectivity index (χ0v) is 12.3. The van der Waals surface area contributed by atoms with E-state index in [-0.39, 0.29) is 26.1 Å². The molecule has 0 radical (unpaired) electrons. The summed E-state index contributed by atoms with van der Waals surface area (Å²) < 4.78 is 9.79. The number of nitrogens with one attached hydrogen (secondary N) is 1. The minimum atomic E-state index is -1.06. The van der Waals surface area contributed by atoms with E-state index >= 15 is 0 Å². The SMILES string of the molecule is CCOC(=O)[C@@H](CCC(=O)O)NC(=O)OCc1ccccc1. The number of amides is 1. The lowest BCUT2D eigenvalue weighted by molar-refractivity contribution is -0.146. The Labute approximate surface area is 128 Å². The van der Waals surface area contributed by atoms with Crippen molar-refractivity contribution in [3.8, 4) is 0 Å². The Hall–Kier alpha value is -2.57. The number of rotatable bonds is 8. The number of alkyl carbamates (subject to hydrolysis) is 1. The van der Waals surface area contributed by atoms with Crippen LogP contribution in [0.25, 0.3) is 0 Å². The molecule has 1 rings (SSSR count). The smallest absolute Gasteiger partial charge is 0.408 e. The normalized spacial score (nSPS) is 11.3. The van der Waals surface area contributed by atoms with E-state index in [0.717, 1.165) is 5.56 Å². The molecule has 0 bridgehead atoms. The topological polar surface area (TPSA) is 102 Å². The van der Waals surface area contributed by atoms with Crippen molar-refractivity contribution in [3.63, 3.8) is 0 Å². The van der Waals surface area contributed by atoms with E-state index in [4.69, 9.17) is 14.6 Å². The van der Waals surface area contributed by atoms with Crippen molar-refractivity contribution >= 4 is 18.0 Å². The lowest BCUT2D eigenvalue weighted by Gasteiger charge is -2.16. The van der Waals surface area contributed by atoms with Crippen molar-refractivity contribution in [2.75, 3.05) is 6.61 Å². The highest BCUT2D eigenvalue weighted by Gasteiger charge is 2.23. The molecule has 0 aliphatic heterocycles. The average Bonchev–Trinajstić information content (AvgIpc) is 2.50. The highest BCUT2D eigenvalue weighted by atomic mass is 16.6. The molecule has 0 saturated heterocycles. The van der Waals surface area contributed by atoms with E-state index in [9.17, 15) is 14.4 Å². The largest absolute Gasteiger partial charge is 0.481 e. The summed E-state index contributed by atoms with van der Waals surface area (Å²) in [4.78, 5) is 34.0. The fourth-order valence-corrected chi connectivity index (χ4v) is 1.67. The summed E-state index contributed by atoms with van der Waals surface area (Å²) in [6.45, 7) is 1.82. The number of esters is 1. The molecule has 0 spiro atoms. The molecule has 7 heteroatoms. The molecule has 0 fully saturated rings. The highest BCUT2D eigenvalue weighted by molar-refractivity contribution is 5.82. The van der Waals surface area contributed by atoms with Crippen LogP contribution in [-0.4, -0.2) is 35.8 Å². The second-order valence-corrected chi connectivity index (χ2v) is 4.44. The van der Waals surface area contributed by atoms with Crippen LogP contribution < -0.4 is 5.32 Å². The van der Waals surface area contributed by atoms with Crippen molar-refractivity contribution in [1.29, 1.82) is 0 Å². The van der Waals surface area contributed by atoms with Gasteiger partial charge in [0.15, 0.2) is 0 Å². The molecule has 1 atom stereocenters. The molecule has 2 N–H and O–H groups in total. The first-order valence-electron chi connectivity index (χ1n) is 6.88. The van der Waals surface area contributed by atoms with Crippen LogP contribution >= 0.6 is 0 Å². The van der Waals surface area contributed by atoms with E-state index in [1.807, 2.05) is 18.2 Å². The number of carboxylic acids is 1. The van der Waals surface area contributed by atoms with Gasteiger partial charge in [-0.05, 0) is 18.9 Å². The number of carbonyl (C=O) groups is 3. The van der Waals surface area contributed by atoms with Crippen molar-refractivity contribution in [1.82, 2.24) is 5.32 Å². The molecule has 1 amide bonds. The molecular weight excluding hydrogens is 290 g/mol. The lowest BCUT2D eigenvalue weighted by Crippen LogP contribution is -2.42. The number of benzene rings is 1. The van der Waals surface area contributed by atoms with E-state index in [0.29, 0.717) is 0 Å². The van der Waals surface area contributed by atoms with Crippen LogP contribution in [0.15, 0.2) is 30.3 Å². The van der Waals surface area contributed by atoms with Crippen LogP contribution in [0.2, 0.25) is 0 Å². The number of ether oxygens (including phenoxy) is 2. The van der Waals surface area contributed by atoms with Gasteiger partial charge >= 0.3 is 18.0 Å². The summed E-state index contributed by atoms with van der Waals surface area (Å²) in [5, 5.41) is 11.0. The van der Waals surface area contributed by atoms with Gasteiger partial charge in [0, 0.05) is 6.42 Å². The average molecular weight is 309 g/mol. The Morgan fingerprint density at radius 3 is 2.45 bits per heavy atom. The predicted molar refractivity (Wildman–Crippen MR) is 77.1 cm³/mol. The van der Waals surface area contributed by atoms with Gasteiger partial charge in [-0.3, -0.25) is 4.79 Å². The summed E-state index contributed by atoms with van der Waals surface area (Å²) in [6.07, 6.45) is -1.12. The standard InChI is InChI=1S/C15H19NO6/c1-2-21-14(19)12(8-9-13(17)18)16-15(20)22-10-11-6-4-3-5-7-11/h3-7,12H,2,8-10H2,1H3,(H,16,20)(H,17,18)/t12-/m1/s1. The lowest BCUT2D eigenvalue weighted by atomic mass is 10.1. The minimum absolute atomic E-state index is 0.0567. The van der Waals surface area contributed by atoms with E-state index in [1.165, 1.54) is 0 Å². The quantitative estimate of drug-likeness (QED) is 0.709. The van der Waals surface area contributed by atoms with E-state index in [1.54, 1.807) is 19.1 Å². The summed E-state index contributed by atoms with van der Waals surface area (Å²) in [5.74, 6) is -1.74. The second kappa shape index (κ2) is 9.38. The molecule has 22 heavy (non-hydrogen) atoms. The molecule has 0 saturated carbocycles. The Bertz CT molecular complexity index is 502. The maximum absolute atomic E-state index is 11.7. The summed E-state index contributed by atoms with van der Waals surface area (Å²) >= 11 is 0. The Balaban J connectivity index is 2.50. The molecule has 120 valence electrons. The Morgan fingerprint density at radius 2 is 1.86 bits per heavy atom. The fraction of sp³-hybridized carbons (Fsp3) is 0.400. The van der Waals surface area contributed by atoms with Gasteiger partial charge < -0.3 is 19.9 Å². The van der Waals surface area contributed by atoms with E-state index < -0.39 is 24.1 Å². The van der Waals surface area contributed by atoms with Crippen LogP contribution in [-0.2, 0) is 25.7 Å². The van der Waals surface area contributed by atoms with Gasteiger partial charge in [-0.25, -0.2) is 9.59 Å². The Kier molecular flexibility index (Phi) is 7.45. The molecule has 1 aromatic carbocycles. The van der Waals surface area contributed by atoms with Gasteiger partial charge in [-0.15, -0.1) is 0 Å². The van der Waals surface area contributed by atoms with Crippen LogP contribution in [0.4, 0.5) is 4.79 Å². The van der Waals surface area contributed by atoms with Crippen molar-refractivity contribution in [2.45, 2.75) is 32.4 Å². The van der Waals surface area contributed by atoms with Crippen LogP contribution in [0.5, 0.6) is 0 Å². The zero-order valence-electron chi connectivity index (χ0n) is 12.3. The third kappa shape index (κ3) is 6.74. The Morgan fingerprint density at radius 1 is 1.18 bits per heavy atom. The van der Waals surface area contributed by atoms with Crippen molar-refractivity contribution in [2.24, 2.45) is 0 Å². The molecular formula is C15H19NO6. The second-order valence-electron chi connectivity index (χ2n) is 4.44. The first-order valence-corrected chi connectivity index (χ1v) is 6.88. The van der Waals surface area contributed by atoms with Crippen molar-refractivity contribution in [3.05, 3.63) is 35.9 Å². The molecule has 0 heterocycles. The number of carbonyl (C=O) groups excluding carboxylic acids is 2. The summed E-state index contributed by atoms with van der Waals surface area (Å²) in [5.41, 5.74) is 0.802. The van der Waals surface area contributed by atoms with Gasteiger partial charge in [0.2, 0.25) is 0 Å². The third-order valence-corrected chi connectivity index (χ3v) is 2.72. The number of hydrogen-bond acceptors (Lipinski definition) is 5. The monoisotopic (exact) mass is 309 g/mol. The molecule has 1 aromatic rings. The minimum Gasteiger partial charge on any atom is -0.481 e. The molecule has 0 aromatic heterocycles. The number of carboxylic acid groups (broad SMARTS) is 1. The first kappa shape index (κ1) is 17.5. The van der Waals surface area contributed by atoms with Gasteiger partial charge in [-0.1, -0.05) is 30.3 Å². The highest BCUT2D eigenvalue weighted by Crippen LogP contribution is 2.04. The third-order valence-electron chi connectivity index (χ3n) is 2.72. The first-order chi connectivity index (χ1) is 10.5. The summed E-state index contributed by atoms with van der Waals surface area (Å²) in [6, 6.07) is 8.00. The van der Waals surface area contributed by atoms with E-state index in [2.05, 4.69) is 5.32 Å². The van der Waals surface area contributed by atoms with Gasteiger partial charge in [-0.2, -0.15) is 0 Å². The van der Waals surface area contributed by atoms with Crippen LogP contribution in [0, 0.1) is 0 Å². The molecule has 0 aliphatic rings. The van der Waals surface area contributed by atoms with Crippen LogP contribution in [0.1, 0.15) is 25.3 Å². The maximum Gasteiger partial charge on any atom is 0.408 e. The summed E-state index contributed by atoms with van der Waals surface area (Å²) in [7, 11) is 0. The fourth-order valence-electron chi connectivity index (χ4n) is 1.67. The van der Waals surface area contributed by atoms with Crippen LogP contribution in [0.3, 0.4) is 0 Å². The number of hydrogen-bond donors (Lipinski definition) is 2. The number of aliphatic carboxylic acids is 1. The van der Waals surface area contributed by atoms with Gasteiger partial charge in [0.1, 0.15) is 12.6 Å².